The van der Waals surface area contributed by atoms with Crippen molar-refractivity contribution in [2.24, 2.45) is 10.4 Å². The Morgan fingerprint density at radius 3 is 2.53 bits per heavy atom. The van der Waals surface area contributed by atoms with Crippen molar-refractivity contribution in [3.63, 3.8) is 0 Å². The number of hydrogen-bond acceptors (Lipinski definition) is 8. The van der Waals surface area contributed by atoms with Gasteiger partial charge in [0, 0.05) is 31.8 Å². The third kappa shape index (κ3) is 5.12. The molecule has 0 spiro atoms. The zero-order valence-corrected chi connectivity index (χ0v) is 20.5. The fourth-order valence-corrected chi connectivity index (χ4v) is 4.13. The van der Waals surface area contributed by atoms with Crippen LogP contribution in [0, 0.1) is 12.3 Å². The molecule has 32 heavy (non-hydrogen) atoms. The van der Waals surface area contributed by atoms with E-state index in [1.165, 1.54) is 11.3 Å². The van der Waals surface area contributed by atoms with Crippen LogP contribution in [0.5, 0.6) is 0 Å². The molecule has 1 fully saturated rings. The van der Waals surface area contributed by atoms with Crippen LogP contribution in [0.25, 0.3) is 10.3 Å². The summed E-state index contributed by atoms with van der Waals surface area (Å²) in [6.07, 6.45) is 3.75. The maximum Gasteiger partial charge on any atom is 0.274 e. The SMILES string of the molecule is C/C=C(\C=N/C)C(C)Nc1nc(C(=O)N2CC(NC(=O)C(C)(C)C)C2)c2sc(C)nc2n1. The molecule has 3 heterocycles. The second-order valence-corrected chi connectivity index (χ2v) is 10.2. The molecule has 2 N–H and O–H groups in total. The Labute approximate surface area is 192 Å². The molecular formula is C22H31N7O2S. The van der Waals surface area contributed by atoms with Crippen molar-refractivity contribution in [3.05, 3.63) is 22.4 Å². The normalized spacial score (nSPS) is 16.3. The summed E-state index contributed by atoms with van der Waals surface area (Å²) in [6.45, 7) is 12.3. The summed E-state index contributed by atoms with van der Waals surface area (Å²) >= 11 is 1.41. The smallest absolute Gasteiger partial charge is 0.274 e. The van der Waals surface area contributed by atoms with Crippen LogP contribution in [0.3, 0.4) is 0 Å². The molecule has 0 aromatic carbocycles. The second kappa shape index (κ2) is 9.32. The van der Waals surface area contributed by atoms with Gasteiger partial charge in [-0.25, -0.2) is 9.97 Å². The van der Waals surface area contributed by atoms with Crippen LogP contribution in [0.1, 0.15) is 50.1 Å². The average Bonchev–Trinajstić information content (AvgIpc) is 3.06. The lowest BCUT2D eigenvalue weighted by molar-refractivity contribution is -0.130. The summed E-state index contributed by atoms with van der Waals surface area (Å²) in [7, 11) is 1.72. The van der Waals surface area contributed by atoms with Crippen LogP contribution < -0.4 is 10.6 Å². The number of carbonyl (C=O) groups excluding carboxylic acids is 2. The summed E-state index contributed by atoms with van der Waals surface area (Å²) in [5.41, 5.74) is 1.36. The Kier molecular flexibility index (Phi) is 6.92. The van der Waals surface area contributed by atoms with Crippen LogP contribution in [0.4, 0.5) is 5.95 Å². The number of allylic oxidation sites excluding steroid dienone is 1. The number of hydrogen-bond donors (Lipinski definition) is 2. The number of aromatic nitrogens is 3. The number of aryl methyl sites for hydroxylation is 1. The monoisotopic (exact) mass is 457 g/mol. The molecule has 1 saturated heterocycles. The van der Waals surface area contributed by atoms with Gasteiger partial charge in [0.1, 0.15) is 4.70 Å². The van der Waals surface area contributed by atoms with Gasteiger partial charge < -0.3 is 15.5 Å². The van der Waals surface area contributed by atoms with E-state index in [1.807, 2.05) is 47.6 Å². The first-order valence-corrected chi connectivity index (χ1v) is 11.5. The van der Waals surface area contributed by atoms with E-state index in [2.05, 4.69) is 30.6 Å². The van der Waals surface area contributed by atoms with E-state index in [0.29, 0.717) is 35.1 Å². The number of rotatable bonds is 6. The van der Waals surface area contributed by atoms with Crippen LogP contribution in [-0.4, -0.2) is 70.1 Å². The van der Waals surface area contributed by atoms with Crippen molar-refractivity contribution in [3.8, 4) is 0 Å². The largest absolute Gasteiger partial charge is 0.349 e. The molecule has 10 heteroatoms. The van der Waals surface area contributed by atoms with Gasteiger partial charge in [-0.2, -0.15) is 4.98 Å². The molecule has 2 aromatic rings. The topological polar surface area (TPSA) is 112 Å². The van der Waals surface area contributed by atoms with Gasteiger partial charge in [-0.3, -0.25) is 14.6 Å². The van der Waals surface area contributed by atoms with Crippen molar-refractivity contribution < 1.29 is 9.59 Å². The fraction of sp³-hybridized carbons (Fsp3) is 0.545. The first-order chi connectivity index (χ1) is 15.0. The lowest BCUT2D eigenvalue weighted by Crippen LogP contribution is -2.62. The van der Waals surface area contributed by atoms with Crippen molar-refractivity contribution in [1.82, 2.24) is 25.2 Å². The highest BCUT2D eigenvalue weighted by molar-refractivity contribution is 7.18. The molecule has 0 saturated carbocycles. The van der Waals surface area contributed by atoms with Gasteiger partial charge in [0.15, 0.2) is 11.3 Å². The van der Waals surface area contributed by atoms with E-state index in [4.69, 9.17) is 0 Å². The number of anilines is 1. The molecule has 2 aromatic heterocycles. The summed E-state index contributed by atoms with van der Waals surface area (Å²) in [5.74, 6) is 0.146. The van der Waals surface area contributed by atoms with Gasteiger partial charge in [-0.05, 0) is 26.3 Å². The molecule has 3 rings (SSSR count). The van der Waals surface area contributed by atoms with Gasteiger partial charge >= 0.3 is 0 Å². The van der Waals surface area contributed by atoms with Crippen LogP contribution in [-0.2, 0) is 4.79 Å². The third-order valence-electron chi connectivity index (χ3n) is 5.21. The van der Waals surface area contributed by atoms with Crippen molar-refractivity contribution in [2.45, 2.75) is 53.6 Å². The van der Waals surface area contributed by atoms with E-state index in [9.17, 15) is 9.59 Å². The van der Waals surface area contributed by atoms with E-state index >= 15 is 0 Å². The number of aliphatic imine (C=N–C) groups is 1. The molecule has 1 unspecified atom stereocenters. The van der Waals surface area contributed by atoms with E-state index in [-0.39, 0.29) is 23.9 Å². The predicted octanol–water partition coefficient (Wildman–Crippen LogP) is 2.83. The number of nitrogens with zero attached hydrogens (tertiary/aromatic N) is 5. The summed E-state index contributed by atoms with van der Waals surface area (Å²) in [6, 6.07) is -0.140. The Morgan fingerprint density at radius 1 is 1.25 bits per heavy atom. The Hall–Kier alpha value is -2.88. The van der Waals surface area contributed by atoms with Crippen molar-refractivity contribution in [2.75, 3.05) is 25.5 Å². The Morgan fingerprint density at radius 2 is 1.94 bits per heavy atom. The number of nitrogens with one attached hydrogen (secondary N) is 2. The number of amides is 2. The van der Waals surface area contributed by atoms with Gasteiger partial charge in [-0.15, -0.1) is 11.3 Å². The molecule has 0 aliphatic carbocycles. The van der Waals surface area contributed by atoms with Crippen LogP contribution in [0.15, 0.2) is 16.6 Å². The van der Waals surface area contributed by atoms with E-state index in [0.717, 1.165) is 10.6 Å². The van der Waals surface area contributed by atoms with Crippen molar-refractivity contribution >= 4 is 45.7 Å². The van der Waals surface area contributed by atoms with Gasteiger partial charge in [0.05, 0.1) is 17.1 Å². The molecule has 0 radical (unpaired) electrons. The molecule has 1 aliphatic heterocycles. The zero-order valence-electron chi connectivity index (χ0n) is 19.7. The predicted molar refractivity (Wildman–Crippen MR) is 128 cm³/mol. The first kappa shape index (κ1) is 23.8. The number of likely N-dealkylation sites (tertiary alicyclic amines) is 1. The lowest BCUT2D eigenvalue weighted by atomic mass is 9.94. The standard InChI is InChI=1S/C22H31N7O2S/c1-8-14(9-23-7)12(2)24-21-27-16(17-18(28-21)25-13(3)32-17)19(30)29-10-15(11-29)26-20(31)22(4,5)6/h8-9,12,15H,10-11H2,1-7H3,(H,26,31)(H,24,27,28)/b14-8+,23-9-. The minimum Gasteiger partial charge on any atom is -0.349 e. The van der Waals surface area contributed by atoms with Gasteiger partial charge in [-0.1, -0.05) is 26.8 Å². The highest BCUT2D eigenvalue weighted by Gasteiger charge is 2.36. The average molecular weight is 458 g/mol. The second-order valence-electron chi connectivity index (χ2n) is 8.95. The maximum absolute atomic E-state index is 13.3. The maximum atomic E-state index is 13.3. The lowest BCUT2D eigenvalue weighted by Gasteiger charge is -2.40. The fourth-order valence-electron chi connectivity index (χ4n) is 3.29. The molecule has 9 nitrogen and oxygen atoms in total. The molecule has 0 bridgehead atoms. The zero-order chi connectivity index (χ0) is 23.6. The highest BCUT2D eigenvalue weighted by Crippen LogP contribution is 2.27. The molecular weight excluding hydrogens is 426 g/mol. The quantitative estimate of drug-likeness (QED) is 0.645. The van der Waals surface area contributed by atoms with Crippen LogP contribution >= 0.6 is 11.3 Å². The number of fused-ring (bicyclic) bond motifs is 1. The van der Waals surface area contributed by atoms with Gasteiger partial charge in [0.2, 0.25) is 11.9 Å². The van der Waals surface area contributed by atoms with Crippen LogP contribution in [0.2, 0.25) is 0 Å². The summed E-state index contributed by atoms with van der Waals surface area (Å²) < 4.78 is 0.675. The molecule has 2 amide bonds. The summed E-state index contributed by atoms with van der Waals surface area (Å²) in [5, 5.41) is 7.07. The molecule has 172 valence electrons. The third-order valence-corrected chi connectivity index (χ3v) is 6.17. The summed E-state index contributed by atoms with van der Waals surface area (Å²) in [4.78, 5) is 44.8. The van der Waals surface area contributed by atoms with E-state index < -0.39 is 5.41 Å². The number of carbonyl (C=O) groups is 2. The minimum atomic E-state index is -0.463. The first-order valence-electron chi connectivity index (χ1n) is 10.6. The Balaban J connectivity index is 1.80. The molecule has 1 aliphatic rings. The highest BCUT2D eigenvalue weighted by atomic mass is 32.1. The van der Waals surface area contributed by atoms with E-state index in [1.54, 1.807) is 18.2 Å². The minimum absolute atomic E-state index is 0.0204. The van der Waals surface area contributed by atoms with Gasteiger partial charge in [0.25, 0.3) is 5.91 Å². The van der Waals surface area contributed by atoms with Crippen molar-refractivity contribution in [1.29, 1.82) is 0 Å². The number of thiazole rings is 1. The Bertz CT molecular complexity index is 1080. The molecule has 1 atom stereocenters.